The van der Waals surface area contributed by atoms with Gasteiger partial charge in [-0.3, -0.25) is 14.2 Å². The first-order chi connectivity index (χ1) is 14.2. The number of esters is 1. The average molecular weight is 401 g/mol. The number of hydrogen-bond acceptors (Lipinski definition) is 6. The van der Waals surface area contributed by atoms with E-state index in [1.165, 1.54) is 22.2 Å². The van der Waals surface area contributed by atoms with E-state index in [-0.39, 0.29) is 18.7 Å². The molecule has 7 heteroatoms. The van der Waals surface area contributed by atoms with Crippen LogP contribution in [0.1, 0.15) is 11.1 Å². The first-order valence-electron chi connectivity index (χ1n) is 8.84. The Morgan fingerprint density at radius 3 is 2.69 bits per heavy atom. The van der Waals surface area contributed by atoms with Crippen molar-refractivity contribution in [3.8, 4) is 16.5 Å². The van der Waals surface area contributed by atoms with Crippen LogP contribution in [-0.4, -0.2) is 15.5 Å². The minimum absolute atomic E-state index is 0.0242. The topological polar surface area (TPSA) is 85.0 Å². The third kappa shape index (κ3) is 3.93. The lowest BCUT2D eigenvalue weighted by Gasteiger charge is -2.07. The van der Waals surface area contributed by atoms with Crippen molar-refractivity contribution in [1.29, 1.82) is 5.26 Å². The maximum Gasteiger partial charge on any atom is 0.326 e. The van der Waals surface area contributed by atoms with Crippen molar-refractivity contribution in [2.75, 3.05) is 0 Å². The number of fused-ring (bicyclic) bond motifs is 1. The van der Waals surface area contributed by atoms with Gasteiger partial charge in [0.1, 0.15) is 18.0 Å². The number of nitriles is 1. The standard InChI is InChI=1S/C22H15N3O3S/c23-11-16-8-4-5-9-17(16)13-28-20(26)12-25-14-24-21-18(22(25)27)10-19(29-21)15-6-2-1-3-7-15/h1-10,14H,12-13H2. The number of carbonyl (C=O) groups excluding carboxylic acids is 1. The van der Waals surface area contributed by atoms with E-state index in [1.54, 1.807) is 30.3 Å². The van der Waals surface area contributed by atoms with Gasteiger partial charge in [-0.15, -0.1) is 11.3 Å². The summed E-state index contributed by atoms with van der Waals surface area (Å²) in [5.74, 6) is -0.570. The second-order valence-electron chi connectivity index (χ2n) is 6.30. The number of rotatable bonds is 5. The smallest absolute Gasteiger partial charge is 0.326 e. The van der Waals surface area contributed by atoms with Crippen LogP contribution in [0.2, 0.25) is 0 Å². The molecule has 4 rings (SSSR count). The fourth-order valence-corrected chi connectivity index (χ4v) is 3.91. The number of ether oxygens (including phenoxy) is 1. The molecule has 0 amide bonds. The Morgan fingerprint density at radius 2 is 1.90 bits per heavy atom. The monoisotopic (exact) mass is 401 g/mol. The molecule has 0 atom stereocenters. The number of hydrogen-bond donors (Lipinski definition) is 0. The molecule has 0 aliphatic carbocycles. The summed E-state index contributed by atoms with van der Waals surface area (Å²) in [5.41, 5.74) is 1.79. The van der Waals surface area contributed by atoms with Gasteiger partial charge in [0.15, 0.2) is 0 Å². The number of carbonyl (C=O) groups is 1. The van der Waals surface area contributed by atoms with Crippen molar-refractivity contribution in [1.82, 2.24) is 9.55 Å². The van der Waals surface area contributed by atoms with E-state index in [9.17, 15) is 9.59 Å². The third-order valence-corrected chi connectivity index (χ3v) is 5.49. The molecule has 29 heavy (non-hydrogen) atoms. The number of benzene rings is 2. The van der Waals surface area contributed by atoms with Crippen molar-refractivity contribution < 1.29 is 9.53 Å². The Bertz CT molecular complexity index is 1290. The van der Waals surface area contributed by atoms with E-state index in [4.69, 9.17) is 10.00 Å². The molecule has 142 valence electrons. The number of thiophene rings is 1. The molecule has 6 nitrogen and oxygen atoms in total. The van der Waals surface area contributed by atoms with E-state index >= 15 is 0 Å². The van der Waals surface area contributed by atoms with E-state index < -0.39 is 5.97 Å². The Balaban J connectivity index is 1.52. The molecule has 2 aromatic heterocycles. The third-order valence-electron chi connectivity index (χ3n) is 4.40. The molecule has 0 aliphatic rings. The number of nitrogens with zero attached hydrogens (tertiary/aromatic N) is 3. The predicted molar refractivity (Wildman–Crippen MR) is 110 cm³/mol. The van der Waals surface area contributed by atoms with E-state index in [2.05, 4.69) is 11.1 Å². The van der Waals surface area contributed by atoms with Crippen molar-refractivity contribution >= 4 is 27.5 Å². The second-order valence-corrected chi connectivity index (χ2v) is 7.33. The summed E-state index contributed by atoms with van der Waals surface area (Å²) in [4.78, 5) is 30.9. The van der Waals surface area contributed by atoms with Crippen molar-refractivity contribution in [2.24, 2.45) is 0 Å². The lowest BCUT2D eigenvalue weighted by Crippen LogP contribution is -2.25. The van der Waals surface area contributed by atoms with Gasteiger partial charge < -0.3 is 4.74 Å². The van der Waals surface area contributed by atoms with Gasteiger partial charge >= 0.3 is 5.97 Å². The molecular formula is C22H15N3O3S. The fourth-order valence-electron chi connectivity index (χ4n) is 2.92. The van der Waals surface area contributed by atoms with Crippen LogP contribution in [-0.2, 0) is 22.7 Å². The van der Waals surface area contributed by atoms with Crippen LogP contribution in [0, 0.1) is 11.3 Å². The van der Waals surface area contributed by atoms with Crippen molar-refractivity contribution in [3.05, 3.63) is 88.5 Å². The maximum atomic E-state index is 12.8. The Labute approximate surface area is 170 Å². The Hall–Kier alpha value is -3.76. The molecule has 0 N–H and O–H groups in total. The van der Waals surface area contributed by atoms with Gasteiger partial charge in [-0.05, 0) is 17.7 Å². The minimum atomic E-state index is -0.570. The normalized spacial score (nSPS) is 10.6. The van der Waals surface area contributed by atoms with Gasteiger partial charge in [-0.2, -0.15) is 5.26 Å². The quantitative estimate of drug-likeness (QED) is 0.476. The van der Waals surface area contributed by atoms with Crippen molar-refractivity contribution in [2.45, 2.75) is 13.2 Å². The van der Waals surface area contributed by atoms with Crippen LogP contribution < -0.4 is 5.56 Å². The van der Waals surface area contributed by atoms with Crippen LogP contribution in [0.3, 0.4) is 0 Å². The van der Waals surface area contributed by atoms with Gasteiger partial charge in [0.2, 0.25) is 0 Å². The van der Waals surface area contributed by atoms with Gasteiger partial charge in [0.05, 0.1) is 23.3 Å². The van der Waals surface area contributed by atoms with Crippen LogP contribution in [0.5, 0.6) is 0 Å². The predicted octanol–water partition coefficient (Wildman–Crippen LogP) is 3.74. The SMILES string of the molecule is N#Cc1ccccc1COC(=O)Cn1cnc2sc(-c3ccccc3)cc2c1=O. The molecule has 0 aliphatic heterocycles. The van der Waals surface area contributed by atoms with Gasteiger partial charge in [0, 0.05) is 10.4 Å². The Morgan fingerprint density at radius 1 is 1.14 bits per heavy atom. The first kappa shape index (κ1) is 18.6. The molecule has 4 aromatic rings. The summed E-state index contributed by atoms with van der Waals surface area (Å²) in [6, 6.07) is 20.5. The molecule has 2 aromatic carbocycles. The highest BCUT2D eigenvalue weighted by atomic mass is 32.1. The van der Waals surface area contributed by atoms with Crippen LogP contribution >= 0.6 is 11.3 Å². The van der Waals surface area contributed by atoms with E-state index in [0.717, 1.165) is 10.4 Å². The van der Waals surface area contributed by atoms with Crippen molar-refractivity contribution in [3.63, 3.8) is 0 Å². The summed E-state index contributed by atoms with van der Waals surface area (Å²) < 4.78 is 6.48. The summed E-state index contributed by atoms with van der Waals surface area (Å²) in [7, 11) is 0. The van der Waals surface area contributed by atoms with Gasteiger partial charge in [0.25, 0.3) is 5.56 Å². The van der Waals surface area contributed by atoms with Crippen LogP contribution in [0.15, 0.2) is 71.8 Å². The van der Waals surface area contributed by atoms with Gasteiger partial charge in [-0.25, -0.2) is 4.98 Å². The zero-order valence-electron chi connectivity index (χ0n) is 15.2. The van der Waals surface area contributed by atoms with E-state index in [0.29, 0.717) is 21.3 Å². The molecule has 0 fully saturated rings. The summed E-state index contributed by atoms with van der Waals surface area (Å²) in [6.45, 7) is -0.267. The number of aromatic nitrogens is 2. The highest BCUT2D eigenvalue weighted by Crippen LogP contribution is 2.30. The molecule has 0 saturated heterocycles. The zero-order chi connectivity index (χ0) is 20.2. The molecule has 0 radical (unpaired) electrons. The Kier molecular flexibility index (Phi) is 5.18. The van der Waals surface area contributed by atoms with Crippen LogP contribution in [0.25, 0.3) is 20.7 Å². The lowest BCUT2D eigenvalue weighted by atomic mass is 10.1. The summed E-state index contributed by atoms with van der Waals surface area (Å²) >= 11 is 1.43. The highest BCUT2D eigenvalue weighted by molar-refractivity contribution is 7.21. The largest absolute Gasteiger partial charge is 0.459 e. The molecule has 2 heterocycles. The van der Waals surface area contributed by atoms with E-state index in [1.807, 2.05) is 30.3 Å². The highest BCUT2D eigenvalue weighted by Gasteiger charge is 2.13. The van der Waals surface area contributed by atoms with Gasteiger partial charge in [-0.1, -0.05) is 48.5 Å². The molecule has 0 bridgehead atoms. The first-order valence-corrected chi connectivity index (χ1v) is 9.65. The summed E-state index contributed by atoms with van der Waals surface area (Å²) in [6.07, 6.45) is 1.36. The second kappa shape index (κ2) is 8.09. The lowest BCUT2D eigenvalue weighted by molar-refractivity contribution is -0.145. The van der Waals surface area contributed by atoms with Crippen LogP contribution in [0.4, 0.5) is 0 Å². The minimum Gasteiger partial charge on any atom is -0.459 e. The molecule has 0 saturated carbocycles. The molecular weight excluding hydrogens is 386 g/mol. The summed E-state index contributed by atoms with van der Waals surface area (Å²) in [5, 5.41) is 9.57. The molecule has 0 unspecified atom stereocenters. The average Bonchev–Trinajstić information content (AvgIpc) is 3.20. The molecule has 0 spiro atoms. The maximum absolute atomic E-state index is 12.8. The zero-order valence-corrected chi connectivity index (χ0v) is 16.1. The fraction of sp³-hybridized carbons (Fsp3) is 0.0909.